The lowest BCUT2D eigenvalue weighted by Crippen LogP contribution is -2.63. The summed E-state index contributed by atoms with van der Waals surface area (Å²) in [6, 6.07) is 7.45. The van der Waals surface area contributed by atoms with Crippen LogP contribution in [0.5, 0.6) is 0 Å². The molecule has 0 radical (unpaired) electrons. The van der Waals surface area contributed by atoms with Crippen molar-refractivity contribution in [3.8, 4) is 5.82 Å². The number of Topliss-reactive ketones (excluding diaryl/α,β-unsaturated/α-hetero) is 1. The van der Waals surface area contributed by atoms with Gasteiger partial charge in [0.05, 0.1) is 25.5 Å². The molecule has 4 aromatic rings. The zero-order chi connectivity index (χ0) is 27.0. The van der Waals surface area contributed by atoms with Crippen molar-refractivity contribution < 1.29 is 22.4 Å². The highest BCUT2D eigenvalue weighted by Gasteiger charge is 2.50. The lowest BCUT2D eigenvalue weighted by atomic mass is 9.85. The van der Waals surface area contributed by atoms with Crippen LogP contribution in [0.2, 0.25) is 0 Å². The fraction of sp³-hybridized carbons (Fsp3) is 0.320. The van der Waals surface area contributed by atoms with Crippen molar-refractivity contribution in [2.45, 2.75) is 38.3 Å². The molecule has 38 heavy (non-hydrogen) atoms. The van der Waals surface area contributed by atoms with Crippen molar-refractivity contribution in [1.82, 2.24) is 29.9 Å². The van der Waals surface area contributed by atoms with Gasteiger partial charge in [0.25, 0.3) is 6.43 Å². The SMILES string of the molecule is Cc1cc(Nc2cc(C(F)F)cc(N3CC(F)(C(=O)C[C@@H](C)c4ccc(-n5cc(F)cn5)nc4)C3)n2)n[nH]1. The van der Waals surface area contributed by atoms with E-state index in [1.165, 1.54) is 27.9 Å². The first-order chi connectivity index (χ1) is 18.1. The summed E-state index contributed by atoms with van der Waals surface area (Å²) >= 11 is 0. The first kappa shape index (κ1) is 25.4. The highest BCUT2D eigenvalue weighted by Crippen LogP contribution is 2.36. The highest BCUT2D eigenvalue weighted by atomic mass is 19.3. The maximum absolute atomic E-state index is 15.4. The Morgan fingerprint density at radius 2 is 1.92 bits per heavy atom. The van der Waals surface area contributed by atoms with Gasteiger partial charge in [-0.25, -0.2) is 32.2 Å². The van der Waals surface area contributed by atoms with Gasteiger partial charge in [0.1, 0.15) is 11.6 Å². The maximum atomic E-state index is 15.4. The quantitative estimate of drug-likeness (QED) is 0.301. The highest BCUT2D eigenvalue weighted by molar-refractivity contribution is 5.91. The lowest BCUT2D eigenvalue weighted by Gasteiger charge is -2.44. The summed E-state index contributed by atoms with van der Waals surface area (Å²) in [7, 11) is 0. The molecule has 0 saturated carbocycles. The van der Waals surface area contributed by atoms with E-state index in [2.05, 4.69) is 30.6 Å². The van der Waals surface area contributed by atoms with Crippen molar-refractivity contribution >= 4 is 23.2 Å². The van der Waals surface area contributed by atoms with Gasteiger partial charge in [-0.1, -0.05) is 13.0 Å². The van der Waals surface area contributed by atoms with E-state index in [0.717, 1.165) is 11.9 Å². The fourth-order valence-electron chi connectivity index (χ4n) is 4.23. The minimum Gasteiger partial charge on any atom is -0.349 e. The zero-order valence-corrected chi connectivity index (χ0v) is 20.5. The number of aromatic amines is 1. The van der Waals surface area contributed by atoms with E-state index in [1.807, 2.05) is 0 Å². The Morgan fingerprint density at radius 1 is 1.13 bits per heavy atom. The second kappa shape index (κ2) is 9.88. The van der Waals surface area contributed by atoms with Gasteiger partial charge < -0.3 is 10.2 Å². The number of aromatic nitrogens is 6. The summed E-state index contributed by atoms with van der Waals surface area (Å²) in [5.41, 5.74) is -0.917. The van der Waals surface area contributed by atoms with Gasteiger partial charge in [0.15, 0.2) is 23.2 Å². The second-order valence-corrected chi connectivity index (χ2v) is 9.41. The summed E-state index contributed by atoms with van der Waals surface area (Å²) in [6.07, 6.45) is 0.963. The van der Waals surface area contributed by atoms with Crippen molar-refractivity contribution in [2.24, 2.45) is 0 Å². The van der Waals surface area contributed by atoms with Crippen LogP contribution >= 0.6 is 0 Å². The maximum Gasteiger partial charge on any atom is 0.264 e. The van der Waals surface area contributed by atoms with Crippen LogP contribution < -0.4 is 10.2 Å². The summed E-state index contributed by atoms with van der Waals surface area (Å²) in [5.74, 6) is -0.324. The normalized spacial score (nSPS) is 15.4. The number of pyridine rings is 2. The van der Waals surface area contributed by atoms with Crippen LogP contribution in [0.25, 0.3) is 5.82 Å². The molecule has 1 fully saturated rings. The summed E-state index contributed by atoms with van der Waals surface area (Å²) in [4.78, 5) is 22.9. The number of anilines is 3. The van der Waals surface area contributed by atoms with Crippen molar-refractivity contribution in [2.75, 3.05) is 23.3 Å². The number of hydrogen-bond acceptors (Lipinski definition) is 7. The molecule has 0 bridgehead atoms. The van der Waals surface area contributed by atoms with Crippen LogP contribution in [-0.2, 0) is 4.79 Å². The van der Waals surface area contributed by atoms with Crippen LogP contribution in [-0.4, -0.2) is 54.5 Å². The van der Waals surface area contributed by atoms with Gasteiger partial charge >= 0.3 is 0 Å². The number of ketones is 1. The van der Waals surface area contributed by atoms with Crippen LogP contribution in [0.1, 0.15) is 42.5 Å². The number of hydrogen-bond donors (Lipinski definition) is 2. The minimum absolute atomic E-state index is 0.0718. The molecule has 1 saturated heterocycles. The number of carbonyl (C=O) groups is 1. The molecule has 4 aromatic heterocycles. The van der Waals surface area contributed by atoms with E-state index < -0.39 is 23.7 Å². The van der Waals surface area contributed by atoms with Crippen LogP contribution in [0.4, 0.5) is 35.0 Å². The third kappa shape index (κ3) is 5.22. The number of carbonyl (C=O) groups excluding carboxylic acids is 1. The second-order valence-electron chi connectivity index (χ2n) is 9.41. The Morgan fingerprint density at radius 3 is 2.53 bits per heavy atom. The molecule has 2 N–H and O–H groups in total. The molecule has 0 aliphatic carbocycles. The molecule has 0 unspecified atom stereocenters. The Hall–Kier alpha value is -4.29. The molecular weight excluding hydrogens is 504 g/mol. The van der Waals surface area contributed by atoms with E-state index in [-0.39, 0.29) is 42.6 Å². The van der Waals surface area contributed by atoms with E-state index in [1.54, 1.807) is 38.2 Å². The number of nitrogens with zero attached hydrogens (tertiary/aromatic N) is 6. The number of halogens is 4. The summed E-state index contributed by atoms with van der Waals surface area (Å²) in [5, 5.41) is 13.5. The largest absolute Gasteiger partial charge is 0.349 e. The van der Waals surface area contributed by atoms with Gasteiger partial charge in [-0.15, -0.1) is 0 Å². The number of alkyl halides is 3. The average Bonchev–Trinajstić information content (AvgIpc) is 3.49. The Bertz CT molecular complexity index is 1450. The van der Waals surface area contributed by atoms with Crippen LogP contribution in [0.15, 0.2) is 48.9 Å². The van der Waals surface area contributed by atoms with Crippen molar-refractivity contribution in [3.05, 3.63) is 71.6 Å². The molecule has 198 valence electrons. The smallest absolute Gasteiger partial charge is 0.264 e. The molecule has 5 rings (SSSR count). The van der Waals surface area contributed by atoms with Gasteiger partial charge in [-0.05, 0) is 36.6 Å². The Balaban J connectivity index is 1.23. The van der Waals surface area contributed by atoms with Gasteiger partial charge in [0, 0.05) is 29.9 Å². The molecule has 13 heteroatoms. The van der Waals surface area contributed by atoms with Crippen molar-refractivity contribution in [3.63, 3.8) is 0 Å². The number of H-pyrrole nitrogens is 1. The molecular formula is C25H24F4N8O. The average molecular weight is 529 g/mol. The van der Waals surface area contributed by atoms with E-state index >= 15 is 4.39 Å². The van der Waals surface area contributed by atoms with Crippen LogP contribution in [0.3, 0.4) is 0 Å². The standard InChI is InChI=1S/C25H24F4N8O/c1-14(16-3-4-22(30-9-16)37-11-18(26)10-31-37)5-19(38)25(29)12-36(13-25)23-8-17(24(27)28)7-20(33-23)32-21-6-15(2)34-35-21/h3-4,6-11,14,24H,5,12-13H2,1-2H3,(H2,32,33,34,35)/t14-/m1/s1. The Labute approximate surface area is 214 Å². The zero-order valence-electron chi connectivity index (χ0n) is 20.5. The van der Waals surface area contributed by atoms with E-state index in [0.29, 0.717) is 17.2 Å². The fourth-order valence-corrected chi connectivity index (χ4v) is 4.23. The Kier molecular flexibility index (Phi) is 6.59. The predicted molar refractivity (Wildman–Crippen MR) is 131 cm³/mol. The molecule has 0 amide bonds. The number of aryl methyl sites for hydroxylation is 1. The first-order valence-corrected chi connectivity index (χ1v) is 11.8. The third-order valence-corrected chi connectivity index (χ3v) is 6.37. The lowest BCUT2D eigenvalue weighted by molar-refractivity contribution is -0.132. The van der Waals surface area contributed by atoms with Gasteiger partial charge in [0.2, 0.25) is 5.67 Å². The molecule has 1 atom stereocenters. The first-order valence-electron chi connectivity index (χ1n) is 11.8. The number of rotatable bonds is 9. The molecule has 1 aliphatic rings. The van der Waals surface area contributed by atoms with E-state index in [9.17, 15) is 18.0 Å². The van der Waals surface area contributed by atoms with Crippen molar-refractivity contribution in [1.29, 1.82) is 0 Å². The minimum atomic E-state index is -2.76. The van der Waals surface area contributed by atoms with Gasteiger partial charge in [-0.3, -0.25) is 9.89 Å². The summed E-state index contributed by atoms with van der Waals surface area (Å²) < 4.78 is 56.9. The van der Waals surface area contributed by atoms with E-state index in [4.69, 9.17) is 0 Å². The topological polar surface area (TPSA) is 105 Å². The molecule has 9 nitrogen and oxygen atoms in total. The molecule has 0 spiro atoms. The monoisotopic (exact) mass is 528 g/mol. The molecule has 5 heterocycles. The summed E-state index contributed by atoms with van der Waals surface area (Å²) in [6.45, 7) is 2.99. The number of nitrogens with one attached hydrogen (secondary N) is 2. The molecule has 1 aliphatic heterocycles. The predicted octanol–water partition coefficient (Wildman–Crippen LogP) is 4.81. The van der Waals surface area contributed by atoms with Crippen LogP contribution in [0, 0.1) is 12.7 Å². The third-order valence-electron chi connectivity index (χ3n) is 6.37. The van der Waals surface area contributed by atoms with Gasteiger partial charge in [-0.2, -0.15) is 10.2 Å². The molecule has 0 aromatic carbocycles.